The summed E-state index contributed by atoms with van der Waals surface area (Å²) in [6.07, 6.45) is 2.07. The number of hydrogen-bond donors (Lipinski definition) is 1. The summed E-state index contributed by atoms with van der Waals surface area (Å²) in [7, 11) is 0. The lowest BCUT2D eigenvalue weighted by molar-refractivity contribution is -0.122. The van der Waals surface area contributed by atoms with Gasteiger partial charge >= 0.3 is 0 Å². The van der Waals surface area contributed by atoms with Crippen LogP contribution in [-0.4, -0.2) is 60.6 Å². The van der Waals surface area contributed by atoms with Crippen molar-refractivity contribution in [2.24, 2.45) is 0 Å². The topological polar surface area (TPSA) is 52.7 Å². The second-order valence-electron chi connectivity index (χ2n) is 6.96. The van der Waals surface area contributed by atoms with Crippen LogP contribution in [0.3, 0.4) is 0 Å². The molecule has 1 fully saturated rings. The summed E-state index contributed by atoms with van der Waals surface area (Å²) in [5.74, 6) is 1.05. The first-order valence-electron chi connectivity index (χ1n) is 9.56. The van der Waals surface area contributed by atoms with Gasteiger partial charge in [-0.05, 0) is 29.5 Å². The molecule has 0 spiro atoms. The molecule has 1 aliphatic heterocycles. The van der Waals surface area contributed by atoms with E-state index in [0.717, 1.165) is 30.0 Å². The lowest BCUT2D eigenvalue weighted by Crippen LogP contribution is -2.51. The fourth-order valence-electron chi connectivity index (χ4n) is 3.26. The summed E-state index contributed by atoms with van der Waals surface area (Å²) < 4.78 is 0. The van der Waals surface area contributed by atoms with Crippen molar-refractivity contribution in [3.63, 3.8) is 0 Å². The van der Waals surface area contributed by atoms with Gasteiger partial charge in [0.15, 0.2) is 0 Å². The van der Waals surface area contributed by atoms with E-state index in [1.807, 2.05) is 59.5 Å². The Bertz CT molecular complexity index is 772. The SMILES string of the molecule is CSCc1ccc(C(=O)N2CCN(CC(=O)NCc3ccccc3)CC2)cc1. The molecule has 1 heterocycles. The molecule has 6 heteroatoms. The van der Waals surface area contributed by atoms with Crippen LogP contribution < -0.4 is 5.32 Å². The molecule has 2 aromatic carbocycles. The minimum absolute atomic E-state index is 0.0213. The number of piperazine rings is 1. The number of thioether (sulfide) groups is 1. The van der Waals surface area contributed by atoms with Crippen LogP contribution in [0.2, 0.25) is 0 Å². The summed E-state index contributed by atoms with van der Waals surface area (Å²) >= 11 is 1.77. The van der Waals surface area contributed by atoms with E-state index in [4.69, 9.17) is 0 Å². The van der Waals surface area contributed by atoms with E-state index in [9.17, 15) is 9.59 Å². The van der Waals surface area contributed by atoms with E-state index in [1.54, 1.807) is 11.8 Å². The van der Waals surface area contributed by atoms with Gasteiger partial charge in [0.1, 0.15) is 0 Å². The lowest BCUT2D eigenvalue weighted by atomic mass is 10.1. The molecule has 2 aromatic rings. The van der Waals surface area contributed by atoms with E-state index < -0.39 is 0 Å². The predicted molar refractivity (Wildman–Crippen MR) is 114 cm³/mol. The van der Waals surface area contributed by atoms with E-state index >= 15 is 0 Å². The van der Waals surface area contributed by atoms with Crippen molar-refractivity contribution in [2.45, 2.75) is 12.3 Å². The monoisotopic (exact) mass is 397 g/mol. The highest BCUT2D eigenvalue weighted by Gasteiger charge is 2.23. The molecular formula is C22H27N3O2S. The molecule has 3 rings (SSSR count). The second-order valence-corrected chi connectivity index (χ2v) is 7.83. The number of rotatable bonds is 7. The minimum atomic E-state index is 0.0213. The van der Waals surface area contributed by atoms with E-state index in [2.05, 4.69) is 16.5 Å². The predicted octanol–water partition coefficient (Wildman–Crippen LogP) is 2.62. The molecule has 2 amide bonds. The molecule has 0 radical (unpaired) electrons. The lowest BCUT2D eigenvalue weighted by Gasteiger charge is -2.34. The summed E-state index contributed by atoms with van der Waals surface area (Å²) in [5, 5.41) is 2.96. The highest BCUT2D eigenvalue weighted by atomic mass is 32.2. The minimum Gasteiger partial charge on any atom is -0.351 e. The number of hydrogen-bond acceptors (Lipinski definition) is 4. The zero-order valence-electron chi connectivity index (χ0n) is 16.3. The number of amides is 2. The number of nitrogens with one attached hydrogen (secondary N) is 1. The highest BCUT2D eigenvalue weighted by Crippen LogP contribution is 2.13. The van der Waals surface area contributed by atoms with Crippen molar-refractivity contribution in [1.29, 1.82) is 0 Å². The molecule has 28 heavy (non-hydrogen) atoms. The Morgan fingerprint density at radius 1 is 0.929 bits per heavy atom. The molecule has 5 nitrogen and oxygen atoms in total. The normalized spacial score (nSPS) is 14.7. The Morgan fingerprint density at radius 2 is 1.61 bits per heavy atom. The third kappa shape index (κ3) is 5.84. The van der Waals surface area contributed by atoms with Gasteiger partial charge in [-0.2, -0.15) is 11.8 Å². The van der Waals surface area contributed by atoms with Gasteiger partial charge in [0, 0.05) is 44.0 Å². The fraction of sp³-hybridized carbons (Fsp3) is 0.364. The first kappa shape index (κ1) is 20.4. The molecule has 0 atom stereocenters. The number of nitrogens with zero attached hydrogens (tertiary/aromatic N) is 2. The summed E-state index contributed by atoms with van der Waals surface area (Å²) in [6, 6.07) is 17.8. The van der Waals surface area contributed by atoms with Crippen LogP contribution >= 0.6 is 11.8 Å². The molecule has 0 unspecified atom stereocenters. The molecule has 0 saturated carbocycles. The Morgan fingerprint density at radius 3 is 2.25 bits per heavy atom. The maximum absolute atomic E-state index is 12.7. The van der Waals surface area contributed by atoms with Gasteiger partial charge in [-0.3, -0.25) is 14.5 Å². The molecule has 0 bridgehead atoms. The molecule has 1 aliphatic rings. The molecule has 148 valence electrons. The van der Waals surface area contributed by atoms with Crippen LogP contribution in [0.4, 0.5) is 0 Å². The third-order valence-electron chi connectivity index (χ3n) is 4.87. The molecular weight excluding hydrogens is 370 g/mol. The maximum atomic E-state index is 12.7. The van der Waals surface area contributed by atoms with Crippen LogP contribution in [0, 0.1) is 0 Å². The summed E-state index contributed by atoms with van der Waals surface area (Å²) in [4.78, 5) is 28.8. The van der Waals surface area contributed by atoms with Crippen molar-refractivity contribution in [2.75, 3.05) is 39.0 Å². The third-order valence-corrected chi connectivity index (χ3v) is 5.49. The second kappa shape index (κ2) is 10.3. The van der Waals surface area contributed by atoms with Crippen LogP contribution in [0.25, 0.3) is 0 Å². The Labute approximate surface area is 171 Å². The maximum Gasteiger partial charge on any atom is 0.253 e. The number of carbonyl (C=O) groups excluding carboxylic acids is 2. The van der Waals surface area contributed by atoms with Crippen LogP contribution in [0.15, 0.2) is 54.6 Å². The van der Waals surface area contributed by atoms with E-state index in [0.29, 0.717) is 26.2 Å². The van der Waals surface area contributed by atoms with Gasteiger partial charge < -0.3 is 10.2 Å². The summed E-state index contributed by atoms with van der Waals surface area (Å²) in [6.45, 7) is 3.65. The van der Waals surface area contributed by atoms with Crippen molar-refractivity contribution >= 4 is 23.6 Å². The molecule has 1 saturated heterocycles. The number of benzene rings is 2. The van der Waals surface area contributed by atoms with E-state index in [1.165, 1.54) is 5.56 Å². The summed E-state index contributed by atoms with van der Waals surface area (Å²) in [5.41, 5.74) is 3.06. The van der Waals surface area contributed by atoms with Crippen LogP contribution in [0.5, 0.6) is 0 Å². The Balaban J connectivity index is 1.42. The van der Waals surface area contributed by atoms with Crippen molar-refractivity contribution in [3.8, 4) is 0 Å². The zero-order chi connectivity index (χ0) is 19.8. The average molecular weight is 398 g/mol. The molecule has 0 aliphatic carbocycles. The van der Waals surface area contributed by atoms with Gasteiger partial charge in [0.2, 0.25) is 5.91 Å². The fourth-order valence-corrected chi connectivity index (χ4v) is 3.78. The first-order valence-corrected chi connectivity index (χ1v) is 11.0. The average Bonchev–Trinajstić information content (AvgIpc) is 2.74. The first-order chi connectivity index (χ1) is 13.7. The van der Waals surface area contributed by atoms with Crippen molar-refractivity contribution in [1.82, 2.24) is 15.1 Å². The molecule has 0 aromatic heterocycles. The smallest absolute Gasteiger partial charge is 0.253 e. The zero-order valence-corrected chi connectivity index (χ0v) is 17.1. The molecule has 1 N–H and O–H groups in total. The van der Waals surface area contributed by atoms with Crippen molar-refractivity contribution < 1.29 is 9.59 Å². The number of carbonyl (C=O) groups is 2. The van der Waals surface area contributed by atoms with Gasteiger partial charge in [-0.1, -0.05) is 42.5 Å². The Hall–Kier alpha value is -2.31. The largest absolute Gasteiger partial charge is 0.351 e. The Kier molecular flexibility index (Phi) is 7.51. The van der Waals surface area contributed by atoms with Gasteiger partial charge in [0.05, 0.1) is 6.54 Å². The van der Waals surface area contributed by atoms with Crippen LogP contribution in [0.1, 0.15) is 21.5 Å². The van der Waals surface area contributed by atoms with Gasteiger partial charge in [0.25, 0.3) is 5.91 Å². The van der Waals surface area contributed by atoms with Gasteiger partial charge in [-0.25, -0.2) is 0 Å². The highest BCUT2D eigenvalue weighted by molar-refractivity contribution is 7.97. The van der Waals surface area contributed by atoms with Gasteiger partial charge in [-0.15, -0.1) is 0 Å². The quantitative estimate of drug-likeness (QED) is 0.780. The standard InChI is InChI=1S/C22H27N3O2S/c1-28-17-19-7-9-20(10-8-19)22(27)25-13-11-24(12-14-25)16-21(26)23-15-18-5-3-2-4-6-18/h2-10H,11-17H2,1H3,(H,23,26). The van der Waals surface area contributed by atoms with E-state index in [-0.39, 0.29) is 11.8 Å². The van der Waals surface area contributed by atoms with Crippen molar-refractivity contribution in [3.05, 3.63) is 71.3 Å². The van der Waals surface area contributed by atoms with Crippen LogP contribution in [-0.2, 0) is 17.1 Å².